The Kier molecular flexibility index (Phi) is 4.26. The minimum Gasteiger partial charge on any atom is -0.344 e. The van der Waals surface area contributed by atoms with Crippen LogP contribution in [0.2, 0.25) is 5.02 Å². The number of carbonyl (C=O) groups is 1. The standard InChI is InChI=1S/C16H19ClN4O2/c1-10-11(6-4-7-12(10)17)15(22)21-9-5-8-13(21)14-18-16(19-23-14)20(2)3/h4,6-7,13H,5,8-9H2,1-3H3/t13-/m0/s1. The molecule has 0 bridgehead atoms. The topological polar surface area (TPSA) is 62.5 Å². The monoisotopic (exact) mass is 334 g/mol. The van der Waals surface area contributed by atoms with Gasteiger partial charge >= 0.3 is 0 Å². The Morgan fingerprint density at radius 2 is 2.22 bits per heavy atom. The Morgan fingerprint density at radius 3 is 2.91 bits per heavy atom. The summed E-state index contributed by atoms with van der Waals surface area (Å²) >= 11 is 6.14. The van der Waals surface area contributed by atoms with Crippen LogP contribution in [0.15, 0.2) is 22.7 Å². The zero-order valence-electron chi connectivity index (χ0n) is 13.4. The van der Waals surface area contributed by atoms with Gasteiger partial charge in [-0.3, -0.25) is 4.79 Å². The zero-order chi connectivity index (χ0) is 16.6. The van der Waals surface area contributed by atoms with Crippen LogP contribution in [0.25, 0.3) is 0 Å². The first-order valence-electron chi connectivity index (χ1n) is 7.56. The molecule has 1 saturated heterocycles. The lowest BCUT2D eigenvalue weighted by Gasteiger charge is -2.23. The smallest absolute Gasteiger partial charge is 0.265 e. The number of aromatic nitrogens is 2. The number of likely N-dealkylation sites (tertiary alicyclic amines) is 1. The van der Waals surface area contributed by atoms with Gasteiger partial charge in [0, 0.05) is 31.2 Å². The highest BCUT2D eigenvalue weighted by atomic mass is 35.5. The SMILES string of the molecule is Cc1c(Cl)cccc1C(=O)N1CCC[C@H]1c1nc(N(C)C)no1. The molecule has 1 aliphatic heterocycles. The molecule has 0 N–H and O–H groups in total. The van der Waals surface area contributed by atoms with Crippen molar-refractivity contribution in [2.24, 2.45) is 0 Å². The van der Waals surface area contributed by atoms with Crippen LogP contribution in [0.1, 0.15) is 40.7 Å². The summed E-state index contributed by atoms with van der Waals surface area (Å²) < 4.78 is 5.36. The molecule has 0 saturated carbocycles. The molecule has 1 aliphatic rings. The van der Waals surface area contributed by atoms with Crippen LogP contribution < -0.4 is 4.90 Å². The molecule has 0 spiro atoms. The van der Waals surface area contributed by atoms with Gasteiger partial charge in [-0.15, -0.1) is 0 Å². The van der Waals surface area contributed by atoms with Crippen molar-refractivity contribution >= 4 is 23.5 Å². The van der Waals surface area contributed by atoms with Crippen LogP contribution in [-0.2, 0) is 0 Å². The van der Waals surface area contributed by atoms with Crippen molar-refractivity contribution in [2.45, 2.75) is 25.8 Å². The summed E-state index contributed by atoms with van der Waals surface area (Å²) in [5.74, 6) is 0.953. The molecule has 0 unspecified atom stereocenters. The Hall–Kier alpha value is -2.08. The summed E-state index contributed by atoms with van der Waals surface area (Å²) in [7, 11) is 3.70. The van der Waals surface area contributed by atoms with E-state index in [-0.39, 0.29) is 11.9 Å². The predicted molar refractivity (Wildman–Crippen MR) is 87.8 cm³/mol. The first-order chi connectivity index (χ1) is 11.0. The average Bonchev–Trinajstić information content (AvgIpc) is 3.17. The van der Waals surface area contributed by atoms with E-state index < -0.39 is 0 Å². The number of benzene rings is 1. The predicted octanol–water partition coefficient (Wildman–Crippen LogP) is 3.07. The second kappa shape index (κ2) is 6.20. The molecule has 3 rings (SSSR count). The van der Waals surface area contributed by atoms with Crippen molar-refractivity contribution in [3.63, 3.8) is 0 Å². The van der Waals surface area contributed by atoms with Crippen LogP contribution in [0.3, 0.4) is 0 Å². The van der Waals surface area contributed by atoms with E-state index in [1.54, 1.807) is 28.0 Å². The Balaban J connectivity index is 1.88. The molecule has 23 heavy (non-hydrogen) atoms. The van der Waals surface area contributed by atoms with E-state index in [2.05, 4.69) is 10.1 Å². The van der Waals surface area contributed by atoms with Crippen molar-refractivity contribution < 1.29 is 9.32 Å². The van der Waals surface area contributed by atoms with Crippen molar-refractivity contribution in [2.75, 3.05) is 25.5 Å². The number of carbonyl (C=O) groups excluding carboxylic acids is 1. The molecule has 0 aliphatic carbocycles. The second-order valence-electron chi connectivity index (χ2n) is 5.90. The van der Waals surface area contributed by atoms with Crippen molar-refractivity contribution in [1.82, 2.24) is 15.0 Å². The lowest BCUT2D eigenvalue weighted by molar-refractivity contribution is 0.0709. The number of hydrogen-bond donors (Lipinski definition) is 0. The normalized spacial score (nSPS) is 17.6. The van der Waals surface area contributed by atoms with Crippen LogP contribution in [-0.4, -0.2) is 41.6 Å². The number of rotatable bonds is 3. The van der Waals surface area contributed by atoms with E-state index in [0.29, 0.717) is 29.0 Å². The highest BCUT2D eigenvalue weighted by molar-refractivity contribution is 6.31. The molecule has 2 heterocycles. The molecule has 6 nitrogen and oxygen atoms in total. The van der Waals surface area contributed by atoms with Crippen LogP contribution in [0.5, 0.6) is 0 Å². The Bertz CT molecular complexity index is 729. The molecule has 1 amide bonds. The van der Waals surface area contributed by atoms with Crippen LogP contribution in [0, 0.1) is 6.92 Å². The number of amides is 1. The Morgan fingerprint density at radius 1 is 1.43 bits per heavy atom. The van der Waals surface area contributed by atoms with Crippen LogP contribution in [0.4, 0.5) is 5.95 Å². The van der Waals surface area contributed by atoms with Gasteiger partial charge in [0.15, 0.2) is 0 Å². The quantitative estimate of drug-likeness (QED) is 0.863. The highest BCUT2D eigenvalue weighted by Gasteiger charge is 2.35. The third-order valence-electron chi connectivity index (χ3n) is 4.13. The largest absolute Gasteiger partial charge is 0.344 e. The van der Waals surface area contributed by atoms with Gasteiger partial charge in [-0.25, -0.2) is 0 Å². The van der Waals surface area contributed by atoms with Crippen molar-refractivity contribution in [1.29, 1.82) is 0 Å². The molecular formula is C16H19ClN4O2. The molecular weight excluding hydrogens is 316 g/mol. The van der Waals surface area contributed by atoms with Crippen molar-refractivity contribution in [3.05, 3.63) is 40.2 Å². The molecule has 1 fully saturated rings. The van der Waals surface area contributed by atoms with Crippen LogP contribution >= 0.6 is 11.6 Å². The van der Waals surface area contributed by atoms with Gasteiger partial charge in [-0.1, -0.05) is 17.7 Å². The maximum Gasteiger partial charge on any atom is 0.265 e. The maximum atomic E-state index is 12.9. The maximum absolute atomic E-state index is 12.9. The molecule has 2 aromatic rings. The highest BCUT2D eigenvalue weighted by Crippen LogP contribution is 2.33. The summed E-state index contributed by atoms with van der Waals surface area (Å²) in [4.78, 5) is 20.9. The number of halogens is 1. The van der Waals surface area contributed by atoms with E-state index in [1.807, 2.05) is 21.0 Å². The Labute approximate surface area is 140 Å². The van der Waals surface area contributed by atoms with Gasteiger partial charge in [0.25, 0.3) is 17.7 Å². The third kappa shape index (κ3) is 2.91. The summed E-state index contributed by atoms with van der Waals surface area (Å²) in [5, 5.41) is 4.54. The fraction of sp³-hybridized carbons (Fsp3) is 0.438. The summed E-state index contributed by atoms with van der Waals surface area (Å²) in [5.41, 5.74) is 1.42. The van der Waals surface area contributed by atoms with Gasteiger partial charge in [0.1, 0.15) is 6.04 Å². The zero-order valence-corrected chi connectivity index (χ0v) is 14.2. The van der Waals surface area contributed by atoms with Gasteiger partial charge in [0.05, 0.1) is 0 Å². The molecule has 1 aromatic carbocycles. The summed E-state index contributed by atoms with van der Waals surface area (Å²) in [6.45, 7) is 2.53. The van der Waals surface area contributed by atoms with E-state index in [0.717, 1.165) is 18.4 Å². The number of anilines is 1. The molecule has 0 radical (unpaired) electrons. The van der Waals surface area contributed by atoms with Gasteiger partial charge in [-0.2, -0.15) is 4.98 Å². The average molecular weight is 335 g/mol. The first kappa shape index (κ1) is 15.8. The lowest BCUT2D eigenvalue weighted by Crippen LogP contribution is -2.31. The van der Waals surface area contributed by atoms with Crippen molar-refractivity contribution in [3.8, 4) is 0 Å². The lowest BCUT2D eigenvalue weighted by atomic mass is 10.1. The van der Waals surface area contributed by atoms with E-state index >= 15 is 0 Å². The van der Waals surface area contributed by atoms with Gasteiger partial charge < -0.3 is 14.3 Å². The summed E-state index contributed by atoms with van der Waals surface area (Å²) in [6.07, 6.45) is 1.73. The van der Waals surface area contributed by atoms with E-state index in [1.165, 1.54) is 0 Å². The fourth-order valence-electron chi connectivity index (χ4n) is 2.80. The number of hydrogen-bond acceptors (Lipinski definition) is 5. The molecule has 122 valence electrons. The molecule has 1 aromatic heterocycles. The fourth-order valence-corrected chi connectivity index (χ4v) is 2.98. The first-order valence-corrected chi connectivity index (χ1v) is 7.94. The summed E-state index contributed by atoms with van der Waals surface area (Å²) in [6, 6.07) is 5.21. The third-order valence-corrected chi connectivity index (χ3v) is 4.54. The van der Waals surface area contributed by atoms with E-state index in [9.17, 15) is 4.79 Å². The van der Waals surface area contributed by atoms with E-state index in [4.69, 9.17) is 16.1 Å². The minimum atomic E-state index is -0.179. The number of nitrogens with zero attached hydrogens (tertiary/aromatic N) is 4. The molecule has 1 atom stereocenters. The van der Waals surface area contributed by atoms with Gasteiger partial charge in [0.2, 0.25) is 0 Å². The van der Waals surface area contributed by atoms with Gasteiger partial charge in [-0.05, 0) is 42.6 Å². The molecule has 7 heteroatoms. The second-order valence-corrected chi connectivity index (χ2v) is 6.30. The minimum absolute atomic E-state index is 0.0443.